The zero-order valence-electron chi connectivity index (χ0n) is 14.4. The highest BCUT2D eigenvalue weighted by Gasteiger charge is 2.14. The van der Waals surface area contributed by atoms with Gasteiger partial charge in [-0.2, -0.15) is 0 Å². The summed E-state index contributed by atoms with van der Waals surface area (Å²) in [7, 11) is 0. The summed E-state index contributed by atoms with van der Waals surface area (Å²) in [5, 5.41) is 4.04. The Balaban J connectivity index is 1.76. The van der Waals surface area contributed by atoms with Crippen LogP contribution in [0.15, 0.2) is 85.1 Å². The van der Waals surface area contributed by atoms with E-state index >= 15 is 0 Å². The van der Waals surface area contributed by atoms with E-state index in [4.69, 9.17) is 0 Å². The molecule has 1 aromatic heterocycles. The first-order chi connectivity index (χ1) is 12.7. The number of nitrogens with zero attached hydrogens (tertiary/aromatic N) is 1. The molecule has 26 heavy (non-hydrogen) atoms. The Morgan fingerprint density at radius 3 is 2.54 bits per heavy atom. The minimum Gasteiger partial charge on any atom is -0.320 e. The van der Waals surface area contributed by atoms with E-state index in [0.717, 1.165) is 27.6 Å². The van der Waals surface area contributed by atoms with Crippen LogP contribution >= 0.6 is 0 Å². The molecule has 0 saturated heterocycles. The van der Waals surface area contributed by atoms with Gasteiger partial charge >= 0.3 is 0 Å². The summed E-state index contributed by atoms with van der Waals surface area (Å²) in [6, 6.07) is 25.6. The molecule has 3 aromatic carbocycles. The Morgan fingerprint density at radius 1 is 0.885 bits per heavy atom. The molecule has 3 nitrogen and oxygen atoms in total. The number of carbonyl (C=O) groups excluding carboxylic acids is 1. The van der Waals surface area contributed by atoms with E-state index in [1.54, 1.807) is 6.20 Å². The van der Waals surface area contributed by atoms with Crippen LogP contribution in [0.1, 0.15) is 15.9 Å². The zero-order valence-corrected chi connectivity index (χ0v) is 14.4. The van der Waals surface area contributed by atoms with Gasteiger partial charge in [0.1, 0.15) is 0 Å². The van der Waals surface area contributed by atoms with E-state index < -0.39 is 0 Å². The summed E-state index contributed by atoms with van der Waals surface area (Å²) in [5.41, 5.74) is 5.15. The summed E-state index contributed by atoms with van der Waals surface area (Å²) in [6.45, 7) is 1.99. The Hall–Kier alpha value is -3.46. The smallest absolute Gasteiger partial charge is 0.256 e. The first kappa shape index (κ1) is 16.0. The molecule has 0 bridgehead atoms. The number of hydrogen-bond donors (Lipinski definition) is 1. The lowest BCUT2D eigenvalue weighted by Crippen LogP contribution is -2.14. The summed E-state index contributed by atoms with van der Waals surface area (Å²) < 4.78 is 0. The molecule has 0 fully saturated rings. The summed E-state index contributed by atoms with van der Waals surface area (Å²) in [5.74, 6) is -0.134. The van der Waals surface area contributed by atoms with Gasteiger partial charge in [-0.1, -0.05) is 66.2 Å². The maximum Gasteiger partial charge on any atom is 0.256 e. The largest absolute Gasteiger partial charge is 0.320 e. The van der Waals surface area contributed by atoms with Gasteiger partial charge < -0.3 is 5.32 Å². The molecule has 0 saturated carbocycles. The van der Waals surface area contributed by atoms with Crippen molar-refractivity contribution in [1.82, 2.24) is 4.98 Å². The molecule has 0 atom stereocenters. The average molecular weight is 338 g/mol. The van der Waals surface area contributed by atoms with Gasteiger partial charge in [-0.3, -0.25) is 9.78 Å². The summed E-state index contributed by atoms with van der Waals surface area (Å²) in [6.07, 6.45) is 1.74. The molecular formula is C23H18N2O. The fourth-order valence-corrected chi connectivity index (χ4v) is 3.11. The number of hydrogen-bond acceptors (Lipinski definition) is 2. The van der Waals surface area contributed by atoms with Crippen LogP contribution < -0.4 is 5.32 Å². The van der Waals surface area contributed by atoms with Gasteiger partial charge in [-0.05, 0) is 36.2 Å². The van der Waals surface area contributed by atoms with Crippen molar-refractivity contribution in [1.29, 1.82) is 0 Å². The van der Waals surface area contributed by atoms with Crippen molar-refractivity contribution < 1.29 is 4.79 Å². The highest BCUT2D eigenvalue weighted by molar-refractivity contribution is 6.11. The van der Waals surface area contributed by atoms with E-state index in [2.05, 4.69) is 10.3 Å². The molecule has 3 heteroatoms. The lowest BCUT2D eigenvalue weighted by atomic mass is 9.97. The van der Waals surface area contributed by atoms with Gasteiger partial charge in [-0.15, -0.1) is 0 Å². The second-order valence-electron chi connectivity index (χ2n) is 6.25. The number of carbonyl (C=O) groups is 1. The van der Waals surface area contributed by atoms with Crippen LogP contribution in [-0.2, 0) is 0 Å². The van der Waals surface area contributed by atoms with Crippen LogP contribution in [0.4, 0.5) is 5.69 Å². The van der Waals surface area contributed by atoms with Gasteiger partial charge in [0, 0.05) is 17.1 Å². The fraction of sp³-hybridized carbons (Fsp3) is 0.0435. The third-order valence-electron chi connectivity index (χ3n) is 4.39. The maximum absolute atomic E-state index is 13.1. The van der Waals surface area contributed by atoms with Crippen LogP contribution in [0.25, 0.3) is 22.0 Å². The number of aromatic nitrogens is 1. The molecule has 0 spiro atoms. The van der Waals surface area contributed by atoms with Crippen LogP contribution in [0, 0.1) is 6.92 Å². The van der Waals surface area contributed by atoms with E-state index in [0.29, 0.717) is 11.3 Å². The van der Waals surface area contributed by atoms with Crippen LogP contribution in [0.3, 0.4) is 0 Å². The SMILES string of the molecule is Cc1ccc(-c2ccccc2)c(C(=O)Nc2cccc3cccnc23)c1. The van der Waals surface area contributed by atoms with Crippen molar-refractivity contribution in [2.45, 2.75) is 6.92 Å². The second-order valence-corrected chi connectivity index (χ2v) is 6.25. The summed E-state index contributed by atoms with van der Waals surface area (Å²) >= 11 is 0. The standard InChI is InChI=1S/C23H18N2O/c1-16-12-13-19(17-7-3-2-4-8-17)20(15-16)23(26)25-21-11-5-9-18-10-6-14-24-22(18)21/h2-15H,1H3,(H,25,26). The minimum atomic E-state index is -0.134. The highest BCUT2D eigenvalue weighted by Crippen LogP contribution is 2.27. The van der Waals surface area contributed by atoms with Gasteiger partial charge in [-0.25, -0.2) is 0 Å². The number of nitrogens with one attached hydrogen (secondary N) is 1. The van der Waals surface area contributed by atoms with Crippen molar-refractivity contribution >= 4 is 22.5 Å². The van der Waals surface area contributed by atoms with Crippen LogP contribution in [-0.4, -0.2) is 10.9 Å². The average Bonchev–Trinajstić information content (AvgIpc) is 2.69. The molecular weight excluding hydrogens is 320 g/mol. The fourth-order valence-electron chi connectivity index (χ4n) is 3.11. The molecule has 4 rings (SSSR count). The Bertz CT molecular complexity index is 1080. The van der Waals surface area contributed by atoms with Gasteiger partial charge in [0.25, 0.3) is 5.91 Å². The first-order valence-electron chi connectivity index (χ1n) is 8.53. The summed E-state index contributed by atoms with van der Waals surface area (Å²) in [4.78, 5) is 17.5. The lowest BCUT2D eigenvalue weighted by Gasteiger charge is -2.12. The molecule has 1 N–H and O–H groups in total. The number of aryl methyl sites for hydroxylation is 1. The monoisotopic (exact) mass is 338 g/mol. The van der Waals surface area contributed by atoms with Crippen molar-refractivity contribution in [3.8, 4) is 11.1 Å². The number of pyridine rings is 1. The van der Waals surface area contributed by atoms with Crippen molar-refractivity contribution in [3.63, 3.8) is 0 Å². The normalized spacial score (nSPS) is 10.7. The Labute approximate surface area is 152 Å². The number of amides is 1. The third-order valence-corrected chi connectivity index (χ3v) is 4.39. The molecule has 1 amide bonds. The van der Waals surface area contributed by atoms with Gasteiger partial charge in [0.2, 0.25) is 0 Å². The van der Waals surface area contributed by atoms with Crippen molar-refractivity contribution in [2.24, 2.45) is 0 Å². The van der Waals surface area contributed by atoms with E-state index in [9.17, 15) is 4.79 Å². The molecule has 4 aromatic rings. The zero-order chi connectivity index (χ0) is 17.9. The van der Waals surface area contributed by atoms with E-state index in [-0.39, 0.29) is 5.91 Å². The second kappa shape index (κ2) is 6.81. The van der Waals surface area contributed by atoms with Gasteiger partial charge in [0.15, 0.2) is 0 Å². The highest BCUT2D eigenvalue weighted by atomic mass is 16.1. The number of benzene rings is 3. The third kappa shape index (κ3) is 3.07. The molecule has 0 aliphatic rings. The number of para-hydroxylation sites is 1. The minimum absolute atomic E-state index is 0.134. The topological polar surface area (TPSA) is 42.0 Å². The molecule has 0 unspecified atom stereocenters. The number of rotatable bonds is 3. The van der Waals surface area contributed by atoms with Crippen LogP contribution in [0.2, 0.25) is 0 Å². The molecule has 0 radical (unpaired) electrons. The van der Waals surface area contributed by atoms with E-state index in [1.807, 2.05) is 85.8 Å². The predicted molar refractivity (Wildman–Crippen MR) is 106 cm³/mol. The lowest BCUT2D eigenvalue weighted by molar-refractivity contribution is 0.102. The van der Waals surface area contributed by atoms with Gasteiger partial charge in [0.05, 0.1) is 11.2 Å². The predicted octanol–water partition coefficient (Wildman–Crippen LogP) is 5.46. The molecule has 126 valence electrons. The molecule has 0 aliphatic heterocycles. The number of anilines is 1. The molecule has 1 heterocycles. The van der Waals surface area contributed by atoms with Crippen molar-refractivity contribution in [2.75, 3.05) is 5.32 Å². The van der Waals surface area contributed by atoms with Crippen molar-refractivity contribution in [3.05, 3.63) is 96.2 Å². The number of fused-ring (bicyclic) bond motifs is 1. The maximum atomic E-state index is 13.1. The van der Waals surface area contributed by atoms with Crippen LogP contribution in [0.5, 0.6) is 0 Å². The Morgan fingerprint density at radius 2 is 1.69 bits per heavy atom. The molecule has 0 aliphatic carbocycles. The quantitative estimate of drug-likeness (QED) is 0.539. The first-order valence-corrected chi connectivity index (χ1v) is 8.53. The Kier molecular flexibility index (Phi) is 4.20. The van der Waals surface area contributed by atoms with E-state index in [1.165, 1.54) is 0 Å².